The summed E-state index contributed by atoms with van der Waals surface area (Å²) in [6.07, 6.45) is 3.82. The van der Waals surface area contributed by atoms with Crippen LogP contribution in [0.1, 0.15) is 11.1 Å². The van der Waals surface area contributed by atoms with Crippen molar-refractivity contribution in [1.29, 1.82) is 0 Å². The van der Waals surface area contributed by atoms with Gasteiger partial charge in [0.2, 0.25) is 0 Å². The Balaban J connectivity index is 0.00000312. The van der Waals surface area contributed by atoms with Crippen LogP contribution in [0.25, 0.3) is 0 Å². The summed E-state index contributed by atoms with van der Waals surface area (Å²) in [5.74, 6) is 2.37. The number of aliphatic imine (C=N–C) groups is 1. The van der Waals surface area contributed by atoms with E-state index in [1.54, 1.807) is 25.9 Å². The largest absolute Gasteiger partial charge is 0.497 e. The fourth-order valence-corrected chi connectivity index (χ4v) is 2.44. The molecule has 0 amide bonds. The van der Waals surface area contributed by atoms with Gasteiger partial charge in [0, 0.05) is 57.6 Å². The Bertz CT molecular complexity index is 702. The third kappa shape index (κ3) is 5.80. The summed E-state index contributed by atoms with van der Waals surface area (Å²) < 4.78 is 12.5. The third-order valence-corrected chi connectivity index (χ3v) is 3.68. The zero-order chi connectivity index (χ0) is 17.5. The van der Waals surface area contributed by atoms with Crippen molar-refractivity contribution in [3.05, 3.63) is 41.7 Å². The molecule has 1 aromatic heterocycles. The van der Waals surface area contributed by atoms with E-state index in [-0.39, 0.29) is 24.0 Å². The highest BCUT2D eigenvalue weighted by atomic mass is 127. The number of benzene rings is 1. The Morgan fingerprint density at radius 1 is 1.32 bits per heavy atom. The molecule has 1 N–H and O–H groups in total. The van der Waals surface area contributed by atoms with E-state index in [1.165, 1.54) is 0 Å². The first-order chi connectivity index (χ1) is 11.6. The van der Waals surface area contributed by atoms with Gasteiger partial charge < -0.3 is 19.7 Å². The lowest BCUT2D eigenvalue weighted by Crippen LogP contribution is -2.38. The van der Waals surface area contributed by atoms with Crippen molar-refractivity contribution in [2.24, 2.45) is 12.0 Å². The van der Waals surface area contributed by atoms with Gasteiger partial charge in [-0.1, -0.05) is 0 Å². The number of guanidine groups is 1. The van der Waals surface area contributed by atoms with Gasteiger partial charge in [0.15, 0.2) is 5.96 Å². The van der Waals surface area contributed by atoms with Crippen molar-refractivity contribution < 1.29 is 9.47 Å². The number of ether oxygens (including phenoxy) is 2. The Labute approximate surface area is 166 Å². The van der Waals surface area contributed by atoms with Gasteiger partial charge in [0.05, 0.1) is 20.4 Å². The predicted molar refractivity (Wildman–Crippen MR) is 110 cm³/mol. The first kappa shape index (κ1) is 21.1. The van der Waals surface area contributed by atoms with Gasteiger partial charge in [-0.05, 0) is 12.1 Å². The molecule has 25 heavy (non-hydrogen) atoms. The van der Waals surface area contributed by atoms with Crippen LogP contribution in [0, 0.1) is 0 Å². The quantitative estimate of drug-likeness (QED) is 0.408. The van der Waals surface area contributed by atoms with Crippen molar-refractivity contribution in [2.45, 2.75) is 13.1 Å². The highest BCUT2D eigenvalue weighted by Crippen LogP contribution is 2.25. The van der Waals surface area contributed by atoms with Crippen LogP contribution in [0.2, 0.25) is 0 Å². The molecule has 7 nitrogen and oxygen atoms in total. The standard InChI is InChI=1S/C17H25N5O2.HI/c1-18-17(19-9-13-10-20-22(3)11-13)21(2)12-14-6-7-15(23-4)8-16(14)24-5;/h6-8,10-11H,9,12H2,1-5H3,(H,18,19);1H. The van der Waals surface area contributed by atoms with E-state index >= 15 is 0 Å². The summed E-state index contributed by atoms with van der Waals surface area (Å²) in [5, 5.41) is 7.50. The van der Waals surface area contributed by atoms with Crippen LogP contribution in [0.3, 0.4) is 0 Å². The van der Waals surface area contributed by atoms with Crippen molar-refractivity contribution >= 4 is 29.9 Å². The molecule has 0 radical (unpaired) electrons. The van der Waals surface area contributed by atoms with E-state index in [4.69, 9.17) is 9.47 Å². The van der Waals surface area contributed by atoms with E-state index in [0.29, 0.717) is 13.1 Å². The number of nitrogens with one attached hydrogen (secondary N) is 1. The van der Waals surface area contributed by atoms with Gasteiger partial charge in [-0.25, -0.2) is 0 Å². The Morgan fingerprint density at radius 2 is 2.08 bits per heavy atom. The lowest BCUT2D eigenvalue weighted by Gasteiger charge is -2.23. The molecule has 8 heteroatoms. The number of aromatic nitrogens is 2. The summed E-state index contributed by atoms with van der Waals surface area (Å²) in [5.41, 5.74) is 2.17. The number of aryl methyl sites for hydroxylation is 1. The third-order valence-electron chi connectivity index (χ3n) is 3.68. The van der Waals surface area contributed by atoms with Gasteiger partial charge in [0.1, 0.15) is 11.5 Å². The van der Waals surface area contributed by atoms with E-state index in [1.807, 2.05) is 49.6 Å². The predicted octanol–water partition coefficient (Wildman–Crippen LogP) is 2.26. The smallest absolute Gasteiger partial charge is 0.193 e. The molecule has 0 aliphatic carbocycles. The van der Waals surface area contributed by atoms with Crippen molar-refractivity contribution in [3.8, 4) is 11.5 Å². The number of halogens is 1. The first-order valence-corrected chi connectivity index (χ1v) is 7.67. The molecule has 2 aromatic rings. The summed E-state index contributed by atoms with van der Waals surface area (Å²) in [4.78, 5) is 6.38. The van der Waals surface area contributed by atoms with Gasteiger partial charge in [-0.2, -0.15) is 5.10 Å². The van der Waals surface area contributed by atoms with Gasteiger partial charge in [-0.3, -0.25) is 9.67 Å². The van der Waals surface area contributed by atoms with E-state index in [0.717, 1.165) is 28.6 Å². The molecule has 1 aromatic carbocycles. The van der Waals surface area contributed by atoms with Crippen LogP contribution in [-0.4, -0.2) is 49.0 Å². The monoisotopic (exact) mass is 459 g/mol. The SMILES string of the molecule is CN=C(NCc1cnn(C)c1)N(C)Cc1ccc(OC)cc1OC.I. The van der Waals surface area contributed by atoms with Crippen LogP contribution >= 0.6 is 24.0 Å². The number of rotatable bonds is 6. The minimum atomic E-state index is 0. The number of methoxy groups -OCH3 is 2. The zero-order valence-corrected chi connectivity index (χ0v) is 17.6. The molecule has 1 heterocycles. The normalized spacial score (nSPS) is 10.8. The van der Waals surface area contributed by atoms with E-state index < -0.39 is 0 Å². The summed E-state index contributed by atoms with van der Waals surface area (Å²) in [7, 11) is 8.97. The molecule has 0 saturated heterocycles. The maximum atomic E-state index is 5.46. The highest BCUT2D eigenvalue weighted by Gasteiger charge is 2.11. The highest BCUT2D eigenvalue weighted by molar-refractivity contribution is 14.0. The second kappa shape index (κ2) is 10.1. The summed E-state index contributed by atoms with van der Waals surface area (Å²) in [6, 6.07) is 5.81. The van der Waals surface area contributed by atoms with Crippen molar-refractivity contribution in [2.75, 3.05) is 28.3 Å². The summed E-state index contributed by atoms with van der Waals surface area (Å²) >= 11 is 0. The minimum absolute atomic E-state index is 0. The lowest BCUT2D eigenvalue weighted by atomic mass is 10.2. The molecule has 2 rings (SSSR count). The van der Waals surface area contributed by atoms with Gasteiger partial charge in [-0.15, -0.1) is 24.0 Å². The second-order valence-electron chi connectivity index (χ2n) is 5.46. The minimum Gasteiger partial charge on any atom is -0.497 e. The molecule has 0 aliphatic heterocycles. The Morgan fingerprint density at radius 3 is 2.64 bits per heavy atom. The van der Waals surface area contributed by atoms with Crippen molar-refractivity contribution in [1.82, 2.24) is 20.0 Å². The zero-order valence-electron chi connectivity index (χ0n) is 15.3. The molecular weight excluding hydrogens is 433 g/mol. The Kier molecular flexibility index (Phi) is 8.53. The topological polar surface area (TPSA) is 63.9 Å². The molecule has 0 saturated carbocycles. The first-order valence-electron chi connectivity index (χ1n) is 7.67. The molecule has 0 fully saturated rings. The average Bonchev–Trinajstić information content (AvgIpc) is 3.01. The fourth-order valence-electron chi connectivity index (χ4n) is 2.44. The number of hydrogen-bond acceptors (Lipinski definition) is 4. The van der Waals surface area contributed by atoms with Crippen LogP contribution in [0.5, 0.6) is 11.5 Å². The van der Waals surface area contributed by atoms with Crippen LogP contribution in [0.4, 0.5) is 0 Å². The number of nitrogens with zero attached hydrogens (tertiary/aromatic N) is 4. The summed E-state index contributed by atoms with van der Waals surface area (Å²) in [6.45, 7) is 1.34. The molecule has 0 atom stereocenters. The van der Waals surface area contributed by atoms with E-state index in [9.17, 15) is 0 Å². The maximum absolute atomic E-state index is 5.46. The van der Waals surface area contributed by atoms with Crippen molar-refractivity contribution in [3.63, 3.8) is 0 Å². The molecular formula is C17H26IN5O2. The molecule has 0 unspecified atom stereocenters. The second-order valence-corrected chi connectivity index (χ2v) is 5.46. The van der Waals surface area contributed by atoms with Crippen LogP contribution in [0.15, 0.2) is 35.6 Å². The average molecular weight is 459 g/mol. The maximum Gasteiger partial charge on any atom is 0.193 e. The molecule has 138 valence electrons. The lowest BCUT2D eigenvalue weighted by molar-refractivity contribution is 0.382. The molecule has 0 bridgehead atoms. The van der Waals surface area contributed by atoms with Gasteiger partial charge in [0.25, 0.3) is 0 Å². The van der Waals surface area contributed by atoms with Gasteiger partial charge >= 0.3 is 0 Å². The molecule has 0 spiro atoms. The van der Waals surface area contributed by atoms with E-state index in [2.05, 4.69) is 15.4 Å². The Hall–Kier alpha value is -1.97. The van der Waals surface area contributed by atoms with Crippen LogP contribution < -0.4 is 14.8 Å². The van der Waals surface area contributed by atoms with Crippen LogP contribution in [-0.2, 0) is 20.1 Å². The molecule has 0 aliphatic rings. The fraction of sp³-hybridized carbons (Fsp3) is 0.412. The number of hydrogen-bond donors (Lipinski definition) is 1.